The molecular formula is C21H27N5O3. The molecule has 0 saturated carbocycles. The van der Waals surface area contributed by atoms with Crippen LogP contribution in [0.5, 0.6) is 0 Å². The van der Waals surface area contributed by atoms with E-state index in [-0.39, 0.29) is 24.1 Å². The molecule has 2 fully saturated rings. The molecule has 29 heavy (non-hydrogen) atoms. The number of hydrogen-bond acceptors (Lipinski definition) is 6. The summed E-state index contributed by atoms with van der Waals surface area (Å²) in [5, 5.41) is 7.27. The van der Waals surface area contributed by atoms with Crippen molar-refractivity contribution >= 4 is 17.4 Å². The first-order chi connectivity index (χ1) is 14.2. The number of nitrogens with one attached hydrogen (secondary N) is 1. The van der Waals surface area contributed by atoms with E-state index in [0.29, 0.717) is 6.54 Å². The fourth-order valence-corrected chi connectivity index (χ4v) is 3.78. The van der Waals surface area contributed by atoms with Gasteiger partial charge in [0.1, 0.15) is 12.4 Å². The summed E-state index contributed by atoms with van der Waals surface area (Å²) < 4.78 is 6.75. The molecule has 2 aliphatic heterocycles. The van der Waals surface area contributed by atoms with Crippen molar-refractivity contribution in [2.75, 3.05) is 49.1 Å². The van der Waals surface area contributed by atoms with Crippen molar-refractivity contribution in [3.05, 3.63) is 52.8 Å². The van der Waals surface area contributed by atoms with Gasteiger partial charge in [0.2, 0.25) is 5.91 Å². The van der Waals surface area contributed by atoms with Crippen LogP contribution in [0.2, 0.25) is 0 Å². The topological polar surface area (TPSA) is 79.7 Å². The van der Waals surface area contributed by atoms with Gasteiger partial charge in [0.15, 0.2) is 0 Å². The standard InChI is InChI=1S/C21H27N5O3/c27-20(22-15-18-7-4-14-29-18)16-26-21(28)9-8-19(23-26)25-12-10-24(11-13-25)17-5-2-1-3-6-17/h1-3,5-6,8-9,18H,4,7,10-16H2,(H,22,27)/t18-/m0/s1. The van der Waals surface area contributed by atoms with Gasteiger partial charge in [-0.05, 0) is 31.0 Å². The summed E-state index contributed by atoms with van der Waals surface area (Å²) >= 11 is 0. The minimum Gasteiger partial charge on any atom is -0.376 e. The smallest absolute Gasteiger partial charge is 0.267 e. The van der Waals surface area contributed by atoms with Crippen LogP contribution in [0.15, 0.2) is 47.3 Å². The van der Waals surface area contributed by atoms with Crippen LogP contribution in [-0.2, 0) is 16.1 Å². The molecule has 4 rings (SSSR count). The molecular weight excluding hydrogens is 370 g/mol. The number of ether oxygens (including phenoxy) is 1. The van der Waals surface area contributed by atoms with Crippen LogP contribution in [0.1, 0.15) is 12.8 Å². The van der Waals surface area contributed by atoms with Crippen LogP contribution in [0.3, 0.4) is 0 Å². The van der Waals surface area contributed by atoms with Gasteiger partial charge in [-0.25, -0.2) is 4.68 Å². The largest absolute Gasteiger partial charge is 0.376 e. The fourth-order valence-electron chi connectivity index (χ4n) is 3.78. The number of amides is 1. The predicted molar refractivity (Wildman–Crippen MR) is 111 cm³/mol. The Labute approximate surface area is 170 Å². The van der Waals surface area contributed by atoms with Gasteiger partial charge in [0.05, 0.1) is 6.10 Å². The summed E-state index contributed by atoms with van der Waals surface area (Å²) in [5.74, 6) is 0.505. The zero-order valence-electron chi connectivity index (χ0n) is 16.5. The highest BCUT2D eigenvalue weighted by Gasteiger charge is 2.20. The molecule has 1 atom stereocenters. The minimum absolute atomic E-state index is 0.0795. The summed E-state index contributed by atoms with van der Waals surface area (Å²) in [4.78, 5) is 28.9. The Morgan fingerprint density at radius 1 is 1.07 bits per heavy atom. The molecule has 0 bridgehead atoms. The Morgan fingerprint density at radius 3 is 2.55 bits per heavy atom. The molecule has 1 aromatic carbocycles. The van der Waals surface area contributed by atoms with Crippen LogP contribution in [0.4, 0.5) is 11.5 Å². The molecule has 3 heterocycles. The quantitative estimate of drug-likeness (QED) is 0.779. The minimum atomic E-state index is -0.274. The lowest BCUT2D eigenvalue weighted by Gasteiger charge is -2.36. The molecule has 0 aliphatic carbocycles. The third kappa shape index (κ3) is 4.95. The van der Waals surface area contributed by atoms with Gasteiger partial charge in [-0.15, -0.1) is 0 Å². The fraction of sp³-hybridized carbons (Fsp3) is 0.476. The summed E-state index contributed by atoms with van der Waals surface area (Å²) in [5.41, 5.74) is 0.942. The van der Waals surface area contributed by atoms with Gasteiger partial charge in [0, 0.05) is 51.1 Å². The molecule has 1 amide bonds. The number of carbonyl (C=O) groups excluding carboxylic acids is 1. The molecule has 0 unspecified atom stereocenters. The first kappa shape index (κ1) is 19.4. The molecule has 154 valence electrons. The number of anilines is 2. The second-order valence-electron chi connectivity index (χ2n) is 7.44. The summed E-state index contributed by atoms with van der Waals surface area (Å²) in [6.45, 7) is 4.54. The van der Waals surface area contributed by atoms with Crippen molar-refractivity contribution in [3.8, 4) is 0 Å². The van der Waals surface area contributed by atoms with E-state index in [1.807, 2.05) is 18.2 Å². The number of hydrogen-bond donors (Lipinski definition) is 1. The van der Waals surface area contributed by atoms with E-state index in [4.69, 9.17) is 4.74 Å². The highest BCUT2D eigenvalue weighted by molar-refractivity contribution is 5.75. The van der Waals surface area contributed by atoms with E-state index in [1.54, 1.807) is 6.07 Å². The van der Waals surface area contributed by atoms with E-state index in [2.05, 4.69) is 32.3 Å². The second-order valence-corrected chi connectivity index (χ2v) is 7.44. The number of nitrogens with zero attached hydrogens (tertiary/aromatic N) is 4. The Bertz CT molecular complexity index is 871. The maximum Gasteiger partial charge on any atom is 0.267 e. The Morgan fingerprint density at radius 2 is 1.83 bits per heavy atom. The normalized spacial score (nSPS) is 19.4. The van der Waals surface area contributed by atoms with E-state index in [9.17, 15) is 9.59 Å². The number of benzene rings is 1. The van der Waals surface area contributed by atoms with Crippen LogP contribution in [0.25, 0.3) is 0 Å². The summed E-state index contributed by atoms with van der Waals surface area (Å²) in [7, 11) is 0. The van der Waals surface area contributed by atoms with Gasteiger partial charge in [-0.2, -0.15) is 5.10 Å². The zero-order valence-corrected chi connectivity index (χ0v) is 16.5. The molecule has 1 aromatic heterocycles. The van der Waals surface area contributed by atoms with Gasteiger partial charge >= 0.3 is 0 Å². The highest BCUT2D eigenvalue weighted by Crippen LogP contribution is 2.18. The number of carbonyl (C=O) groups is 1. The molecule has 2 saturated heterocycles. The van der Waals surface area contributed by atoms with Crippen LogP contribution < -0.4 is 20.7 Å². The molecule has 0 spiro atoms. The van der Waals surface area contributed by atoms with Gasteiger partial charge in [-0.1, -0.05) is 18.2 Å². The van der Waals surface area contributed by atoms with Crippen molar-refractivity contribution in [2.24, 2.45) is 0 Å². The Hall–Kier alpha value is -2.87. The Balaban J connectivity index is 1.34. The third-order valence-corrected chi connectivity index (χ3v) is 5.42. The van der Waals surface area contributed by atoms with E-state index < -0.39 is 0 Å². The van der Waals surface area contributed by atoms with E-state index in [0.717, 1.165) is 51.4 Å². The van der Waals surface area contributed by atoms with Crippen molar-refractivity contribution in [1.29, 1.82) is 0 Å². The lowest BCUT2D eigenvalue weighted by atomic mass is 10.2. The molecule has 0 radical (unpaired) electrons. The first-order valence-electron chi connectivity index (χ1n) is 10.2. The number of rotatable bonds is 6. The van der Waals surface area contributed by atoms with Crippen LogP contribution in [-0.4, -0.2) is 61.1 Å². The van der Waals surface area contributed by atoms with Gasteiger partial charge in [0.25, 0.3) is 5.56 Å². The van der Waals surface area contributed by atoms with Crippen molar-refractivity contribution in [1.82, 2.24) is 15.1 Å². The average Bonchev–Trinajstić information content (AvgIpc) is 3.28. The zero-order chi connectivity index (χ0) is 20.1. The lowest BCUT2D eigenvalue weighted by molar-refractivity contribution is -0.122. The third-order valence-electron chi connectivity index (χ3n) is 5.42. The Kier molecular flexibility index (Phi) is 6.09. The summed E-state index contributed by atoms with van der Waals surface area (Å²) in [6.07, 6.45) is 2.07. The summed E-state index contributed by atoms with van der Waals surface area (Å²) in [6, 6.07) is 13.6. The number of aromatic nitrogens is 2. The van der Waals surface area contributed by atoms with Crippen molar-refractivity contribution in [3.63, 3.8) is 0 Å². The molecule has 1 N–H and O–H groups in total. The number of para-hydroxylation sites is 1. The van der Waals surface area contributed by atoms with Crippen molar-refractivity contribution < 1.29 is 9.53 Å². The highest BCUT2D eigenvalue weighted by atomic mass is 16.5. The second kappa shape index (κ2) is 9.09. The van der Waals surface area contributed by atoms with Crippen LogP contribution in [0, 0.1) is 0 Å². The van der Waals surface area contributed by atoms with Crippen molar-refractivity contribution in [2.45, 2.75) is 25.5 Å². The van der Waals surface area contributed by atoms with Gasteiger partial charge in [-0.3, -0.25) is 9.59 Å². The lowest BCUT2D eigenvalue weighted by Crippen LogP contribution is -2.47. The maximum absolute atomic E-state index is 12.2. The van der Waals surface area contributed by atoms with Gasteiger partial charge < -0.3 is 19.9 Å². The molecule has 2 aliphatic rings. The van der Waals surface area contributed by atoms with E-state index >= 15 is 0 Å². The average molecular weight is 397 g/mol. The monoisotopic (exact) mass is 397 g/mol. The maximum atomic E-state index is 12.2. The first-order valence-corrected chi connectivity index (χ1v) is 10.2. The van der Waals surface area contributed by atoms with Crippen LogP contribution >= 0.6 is 0 Å². The molecule has 2 aromatic rings. The predicted octanol–water partition coefficient (Wildman–Crippen LogP) is 0.865. The van der Waals surface area contributed by atoms with E-state index in [1.165, 1.54) is 16.4 Å². The SMILES string of the molecule is O=C(Cn1nc(N2CCN(c3ccccc3)CC2)ccc1=O)NC[C@@H]1CCCO1. The number of piperazine rings is 1. The molecule has 8 heteroatoms. The molecule has 8 nitrogen and oxygen atoms in total.